The van der Waals surface area contributed by atoms with Gasteiger partial charge in [-0.2, -0.15) is 0 Å². The zero-order valence-electron chi connectivity index (χ0n) is 9.84. The molecule has 3 rings (SSSR count). The molecule has 0 atom stereocenters. The van der Waals surface area contributed by atoms with Crippen LogP contribution in [0.25, 0.3) is 22.0 Å². The van der Waals surface area contributed by atoms with Gasteiger partial charge in [-0.3, -0.25) is 0 Å². The van der Waals surface area contributed by atoms with Crippen LogP contribution in [0.3, 0.4) is 0 Å². The first-order valence-electron chi connectivity index (χ1n) is 5.67. The molecule has 1 aromatic heterocycles. The summed E-state index contributed by atoms with van der Waals surface area (Å²) in [6, 6.07) is 11.3. The molecule has 0 saturated carbocycles. The summed E-state index contributed by atoms with van der Waals surface area (Å²) in [5, 5.41) is 18.9. The number of anilines is 1. The smallest absolute Gasteiger partial charge is 0.154 e. The minimum atomic E-state index is -0.552. The minimum absolute atomic E-state index is 0.0335. The number of fused-ring (bicyclic) bond motifs is 1. The van der Waals surface area contributed by atoms with Gasteiger partial charge < -0.3 is 10.8 Å². The van der Waals surface area contributed by atoms with E-state index in [0.29, 0.717) is 10.8 Å². The molecule has 5 heteroatoms. The van der Waals surface area contributed by atoms with Crippen LogP contribution in [-0.4, -0.2) is 15.3 Å². The molecule has 1 heterocycles. The van der Waals surface area contributed by atoms with Crippen LogP contribution in [0.5, 0.6) is 5.75 Å². The summed E-state index contributed by atoms with van der Waals surface area (Å²) in [7, 11) is 0. The molecule has 2 aromatic carbocycles. The van der Waals surface area contributed by atoms with Crippen molar-refractivity contribution in [1.82, 2.24) is 10.2 Å². The monoisotopic (exact) mass is 255 g/mol. The predicted octanol–water partition coefficient (Wildman–Crippen LogP) is 2.72. The van der Waals surface area contributed by atoms with Crippen molar-refractivity contribution in [3.05, 3.63) is 48.3 Å². The molecule has 0 aliphatic carbocycles. The fraction of sp³-hybridized carbons (Fsp3) is 0. The van der Waals surface area contributed by atoms with Crippen LogP contribution >= 0.6 is 0 Å². The number of hydrogen-bond donors (Lipinski definition) is 2. The van der Waals surface area contributed by atoms with E-state index in [4.69, 9.17) is 5.73 Å². The van der Waals surface area contributed by atoms with Gasteiger partial charge in [-0.05, 0) is 12.1 Å². The molecule has 0 radical (unpaired) electrons. The number of rotatable bonds is 1. The van der Waals surface area contributed by atoms with Crippen molar-refractivity contribution < 1.29 is 9.50 Å². The maximum Gasteiger partial charge on any atom is 0.154 e. The number of phenols is 1. The van der Waals surface area contributed by atoms with Crippen LogP contribution in [0.1, 0.15) is 0 Å². The third kappa shape index (κ3) is 1.76. The molecule has 0 aliphatic rings. The van der Waals surface area contributed by atoms with Gasteiger partial charge in [0, 0.05) is 10.8 Å². The topological polar surface area (TPSA) is 72.0 Å². The molecule has 0 spiro atoms. The van der Waals surface area contributed by atoms with E-state index < -0.39 is 5.82 Å². The fourth-order valence-corrected chi connectivity index (χ4v) is 2.06. The lowest BCUT2D eigenvalue weighted by atomic mass is 10.0. The number of nitrogens with zero attached hydrogens (tertiary/aromatic N) is 2. The molecule has 0 amide bonds. The Bertz CT molecular complexity index is 753. The molecule has 0 unspecified atom stereocenters. The third-order valence-corrected chi connectivity index (χ3v) is 2.94. The summed E-state index contributed by atoms with van der Waals surface area (Å²) in [5.41, 5.74) is 6.06. The molecule has 0 aliphatic heterocycles. The second kappa shape index (κ2) is 4.20. The Labute approximate surface area is 108 Å². The summed E-state index contributed by atoms with van der Waals surface area (Å²) in [5.74, 6) is -0.455. The van der Waals surface area contributed by atoms with Gasteiger partial charge in [0.15, 0.2) is 5.82 Å². The first kappa shape index (κ1) is 11.4. The zero-order valence-corrected chi connectivity index (χ0v) is 9.84. The molecule has 19 heavy (non-hydrogen) atoms. The first-order chi connectivity index (χ1) is 9.18. The van der Waals surface area contributed by atoms with Crippen LogP contribution < -0.4 is 5.73 Å². The van der Waals surface area contributed by atoms with Gasteiger partial charge in [0.05, 0.1) is 5.56 Å². The molecule has 0 saturated heterocycles. The van der Waals surface area contributed by atoms with E-state index in [-0.39, 0.29) is 22.8 Å². The lowest BCUT2D eigenvalue weighted by molar-refractivity contribution is 0.471. The van der Waals surface area contributed by atoms with Crippen molar-refractivity contribution in [1.29, 1.82) is 0 Å². The standard InChI is InChI=1S/C14H10FN3O/c15-10-6-3-7-11(19)12(10)13-8-4-1-2-5-9(8)14(16)18-17-13/h1-7,19H,(H2,16,18). The number of nitrogens with two attached hydrogens (primary N) is 1. The van der Waals surface area contributed by atoms with Gasteiger partial charge in [-0.1, -0.05) is 30.3 Å². The highest BCUT2D eigenvalue weighted by Gasteiger charge is 2.16. The highest BCUT2D eigenvalue weighted by atomic mass is 19.1. The molecule has 3 N–H and O–H groups in total. The predicted molar refractivity (Wildman–Crippen MR) is 71.0 cm³/mol. The van der Waals surface area contributed by atoms with Crippen molar-refractivity contribution in [2.24, 2.45) is 0 Å². The van der Waals surface area contributed by atoms with Crippen LogP contribution in [-0.2, 0) is 0 Å². The summed E-state index contributed by atoms with van der Waals surface area (Å²) in [4.78, 5) is 0. The van der Waals surface area contributed by atoms with Crippen molar-refractivity contribution in [2.75, 3.05) is 5.73 Å². The molecule has 3 aromatic rings. The molecule has 94 valence electrons. The SMILES string of the molecule is Nc1nnc(-c2c(O)cccc2F)c2ccccc12. The molecule has 0 fully saturated rings. The largest absolute Gasteiger partial charge is 0.507 e. The second-order valence-corrected chi connectivity index (χ2v) is 4.11. The number of halogens is 1. The number of aromatic hydroxyl groups is 1. The van der Waals surface area contributed by atoms with E-state index in [0.717, 1.165) is 0 Å². The van der Waals surface area contributed by atoms with E-state index in [2.05, 4.69) is 10.2 Å². The van der Waals surface area contributed by atoms with Gasteiger partial charge in [0.2, 0.25) is 0 Å². The Morgan fingerprint density at radius 2 is 1.68 bits per heavy atom. The average molecular weight is 255 g/mol. The fourth-order valence-electron chi connectivity index (χ4n) is 2.06. The van der Waals surface area contributed by atoms with Crippen LogP contribution in [0.4, 0.5) is 10.2 Å². The summed E-state index contributed by atoms with van der Waals surface area (Å²) >= 11 is 0. The lowest BCUT2D eigenvalue weighted by Gasteiger charge is -2.09. The minimum Gasteiger partial charge on any atom is -0.507 e. The van der Waals surface area contributed by atoms with Crippen molar-refractivity contribution in [3.63, 3.8) is 0 Å². The van der Waals surface area contributed by atoms with Gasteiger partial charge in [-0.15, -0.1) is 10.2 Å². The van der Waals surface area contributed by atoms with Crippen LogP contribution in [0, 0.1) is 5.82 Å². The Morgan fingerprint density at radius 3 is 2.42 bits per heavy atom. The molecule has 0 bridgehead atoms. The number of benzene rings is 2. The Kier molecular flexibility index (Phi) is 2.52. The highest BCUT2D eigenvalue weighted by Crippen LogP contribution is 2.35. The number of aromatic nitrogens is 2. The maximum absolute atomic E-state index is 13.9. The molecular weight excluding hydrogens is 245 g/mol. The molecular formula is C14H10FN3O. The van der Waals surface area contributed by atoms with E-state index in [1.54, 1.807) is 18.2 Å². The quantitative estimate of drug-likeness (QED) is 0.701. The highest BCUT2D eigenvalue weighted by molar-refractivity contribution is 6.00. The van der Waals surface area contributed by atoms with Crippen molar-refractivity contribution >= 4 is 16.6 Å². The van der Waals surface area contributed by atoms with Gasteiger partial charge in [0.25, 0.3) is 0 Å². The Hall–Kier alpha value is -2.69. The van der Waals surface area contributed by atoms with E-state index >= 15 is 0 Å². The zero-order chi connectivity index (χ0) is 13.4. The van der Waals surface area contributed by atoms with Gasteiger partial charge in [-0.25, -0.2) is 4.39 Å². The van der Waals surface area contributed by atoms with E-state index in [1.165, 1.54) is 18.2 Å². The Morgan fingerprint density at radius 1 is 0.947 bits per heavy atom. The normalized spacial score (nSPS) is 10.8. The summed E-state index contributed by atoms with van der Waals surface area (Å²) in [6.45, 7) is 0. The van der Waals surface area contributed by atoms with Crippen molar-refractivity contribution in [3.8, 4) is 17.0 Å². The van der Waals surface area contributed by atoms with Crippen LogP contribution in [0.15, 0.2) is 42.5 Å². The van der Waals surface area contributed by atoms with Gasteiger partial charge >= 0.3 is 0 Å². The third-order valence-electron chi connectivity index (χ3n) is 2.94. The lowest BCUT2D eigenvalue weighted by Crippen LogP contribution is -1.98. The van der Waals surface area contributed by atoms with Crippen LogP contribution in [0.2, 0.25) is 0 Å². The number of nitrogen functional groups attached to an aromatic ring is 1. The summed E-state index contributed by atoms with van der Waals surface area (Å²) in [6.07, 6.45) is 0. The maximum atomic E-state index is 13.9. The summed E-state index contributed by atoms with van der Waals surface area (Å²) < 4.78 is 13.9. The first-order valence-corrected chi connectivity index (χ1v) is 5.67. The molecule has 4 nitrogen and oxygen atoms in total. The van der Waals surface area contributed by atoms with Gasteiger partial charge in [0.1, 0.15) is 17.3 Å². The van der Waals surface area contributed by atoms with Crippen molar-refractivity contribution in [2.45, 2.75) is 0 Å². The van der Waals surface area contributed by atoms with E-state index in [9.17, 15) is 9.50 Å². The second-order valence-electron chi connectivity index (χ2n) is 4.11. The average Bonchev–Trinajstić information content (AvgIpc) is 2.41. The van der Waals surface area contributed by atoms with E-state index in [1.807, 2.05) is 6.07 Å². The Balaban J connectivity index is 2.41. The number of hydrogen-bond acceptors (Lipinski definition) is 4. The number of phenolic OH excluding ortho intramolecular Hbond substituents is 1.